The van der Waals surface area contributed by atoms with Gasteiger partial charge in [0.05, 0.1) is 11.2 Å². The Labute approximate surface area is 86.5 Å². The maximum atomic E-state index is 5.26. The molecule has 1 aromatic carbocycles. The van der Waals surface area contributed by atoms with Gasteiger partial charge in [-0.3, -0.25) is 0 Å². The minimum Gasteiger partial charge on any atom is -0.388 e. The summed E-state index contributed by atoms with van der Waals surface area (Å²) in [6.45, 7) is 0.701. The van der Waals surface area contributed by atoms with E-state index in [1.54, 1.807) is 0 Å². The van der Waals surface area contributed by atoms with Crippen LogP contribution in [0.3, 0.4) is 0 Å². The molecule has 0 aliphatic rings. The molecular weight excluding hydrogens is 265 g/mol. The van der Waals surface area contributed by atoms with Crippen LogP contribution in [0.2, 0.25) is 0 Å². The van der Waals surface area contributed by atoms with Gasteiger partial charge in [0.25, 0.3) is 0 Å². The van der Waals surface area contributed by atoms with Crippen molar-refractivity contribution < 1.29 is 4.74 Å². The summed E-state index contributed by atoms with van der Waals surface area (Å²) in [4.78, 5) is 0. The summed E-state index contributed by atoms with van der Waals surface area (Å²) in [5.41, 5.74) is 2.35. The standard InChI is InChI=1S/C9H12INO/c1-11-9-4-2-8(3-5-9)6-12-7-10/h2-5,11H,6-7H2,1H3. The Balaban J connectivity index is 2.53. The van der Waals surface area contributed by atoms with Crippen LogP contribution in [0.1, 0.15) is 5.56 Å². The molecule has 0 radical (unpaired) electrons. The predicted octanol–water partition coefficient (Wildman–Crippen LogP) is 2.64. The van der Waals surface area contributed by atoms with Crippen molar-refractivity contribution in [2.24, 2.45) is 0 Å². The van der Waals surface area contributed by atoms with Gasteiger partial charge in [-0.2, -0.15) is 0 Å². The molecule has 0 aromatic heterocycles. The van der Waals surface area contributed by atoms with Gasteiger partial charge in [0.1, 0.15) is 0 Å². The Kier molecular flexibility index (Phi) is 4.39. The number of nitrogens with one attached hydrogen (secondary N) is 1. The molecule has 0 unspecified atom stereocenters. The fourth-order valence-electron chi connectivity index (χ4n) is 0.924. The van der Waals surface area contributed by atoms with Crippen molar-refractivity contribution in [2.45, 2.75) is 6.61 Å². The van der Waals surface area contributed by atoms with Crippen LogP contribution in [0, 0.1) is 0 Å². The highest BCUT2D eigenvalue weighted by molar-refractivity contribution is 14.1. The molecular formula is C9H12INO. The van der Waals surface area contributed by atoms with Crippen molar-refractivity contribution in [2.75, 3.05) is 17.0 Å². The number of hydrogen-bond donors (Lipinski definition) is 1. The van der Waals surface area contributed by atoms with Gasteiger partial charge in [0, 0.05) is 12.7 Å². The highest BCUT2D eigenvalue weighted by Crippen LogP contribution is 2.09. The average Bonchev–Trinajstić information content (AvgIpc) is 2.15. The van der Waals surface area contributed by atoms with Crippen LogP contribution in [0.5, 0.6) is 0 Å². The van der Waals surface area contributed by atoms with Gasteiger partial charge in [-0.1, -0.05) is 34.7 Å². The fraction of sp³-hybridized carbons (Fsp3) is 0.333. The Bertz CT molecular complexity index is 222. The van der Waals surface area contributed by atoms with Crippen molar-refractivity contribution >= 4 is 28.3 Å². The first-order valence-corrected chi connectivity index (χ1v) is 5.30. The van der Waals surface area contributed by atoms with E-state index >= 15 is 0 Å². The number of alkyl halides is 1. The summed E-state index contributed by atoms with van der Waals surface area (Å²) in [7, 11) is 1.91. The second kappa shape index (κ2) is 5.37. The third-order valence-corrected chi connectivity index (χ3v) is 2.03. The molecule has 2 nitrogen and oxygen atoms in total. The zero-order valence-electron chi connectivity index (χ0n) is 7.01. The first-order valence-electron chi connectivity index (χ1n) is 3.77. The molecule has 0 saturated carbocycles. The van der Waals surface area contributed by atoms with Crippen LogP contribution >= 0.6 is 22.6 Å². The van der Waals surface area contributed by atoms with Gasteiger partial charge in [-0.25, -0.2) is 0 Å². The summed E-state index contributed by atoms with van der Waals surface area (Å²) >= 11 is 2.19. The Hall–Kier alpha value is -0.290. The van der Waals surface area contributed by atoms with E-state index in [1.165, 1.54) is 5.56 Å². The molecule has 3 heteroatoms. The van der Waals surface area contributed by atoms with Gasteiger partial charge < -0.3 is 10.1 Å². The van der Waals surface area contributed by atoms with Crippen molar-refractivity contribution in [1.29, 1.82) is 0 Å². The fourth-order valence-corrected chi connectivity index (χ4v) is 1.14. The van der Waals surface area contributed by atoms with Gasteiger partial charge in [-0.15, -0.1) is 0 Å². The average molecular weight is 277 g/mol. The first kappa shape index (κ1) is 9.80. The molecule has 0 amide bonds. The lowest BCUT2D eigenvalue weighted by Gasteiger charge is -2.02. The van der Waals surface area contributed by atoms with Gasteiger partial charge in [-0.05, 0) is 17.7 Å². The quantitative estimate of drug-likeness (QED) is 0.674. The molecule has 0 fully saturated rings. The topological polar surface area (TPSA) is 21.3 Å². The van der Waals surface area contributed by atoms with Gasteiger partial charge in [0.2, 0.25) is 0 Å². The predicted molar refractivity (Wildman–Crippen MR) is 59.7 cm³/mol. The van der Waals surface area contributed by atoms with Crippen LogP contribution in [0.25, 0.3) is 0 Å². The third-order valence-electron chi connectivity index (χ3n) is 1.59. The SMILES string of the molecule is CNc1ccc(COCI)cc1. The molecule has 12 heavy (non-hydrogen) atoms. The summed E-state index contributed by atoms with van der Waals surface area (Å²) in [5, 5.41) is 3.07. The molecule has 0 aliphatic heterocycles. The summed E-state index contributed by atoms with van der Waals surface area (Å²) in [5.74, 6) is 0. The Morgan fingerprint density at radius 3 is 2.50 bits per heavy atom. The van der Waals surface area contributed by atoms with Crippen molar-refractivity contribution in [3.8, 4) is 0 Å². The summed E-state index contributed by atoms with van der Waals surface area (Å²) in [6.07, 6.45) is 0. The molecule has 0 aliphatic carbocycles. The van der Waals surface area contributed by atoms with Gasteiger partial charge >= 0.3 is 0 Å². The number of ether oxygens (including phenoxy) is 1. The highest BCUT2D eigenvalue weighted by atomic mass is 127. The minimum atomic E-state index is 0.701. The monoisotopic (exact) mass is 277 g/mol. The van der Waals surface area contributed by atoms with Crippen LogP contribution in [0.15, 0.2) is 24.3 Å². The Morgan fingerprint density at radius 1 is 1.33 bits per heavy atom. The maximum absolute atomic E-state index is 5.26. The molecule has 1 N–H and O–H groups in total. The largest absolute Gasteiger partial charge is 0.388 e. The summed E-state index contributed by atoms with van der Waals surface area (Å²) < 4.78 is 6.00. The van der Waals surface area contributed by atoms with Crippen LogP contribution in [-0.2, 0) is 11.3 Å². The molecule has 0 bridgehead atoms. The molecule has 1 aromatic rings. The van der Waals surface area contributed by atoms with Crippen LogP contribution in [-0.4, -0.2) is 11.7 Å². The summed E-state index contributed by atoms with van der Waals surface area (Å²) in [6, 6.07) is 8.23. The van der Waals surface area contributed by atoms with E-state index in [4.69, 9.17) is 4.74 Å². The van der Waals surface area contributed by atoms with Crippen LogP contribution in [0.4, 0.5) is 5.69 Å². The van der Waals surface area contributed by atoms with E-state index in [-0.39, 0.29) is 0 Å². The molecule has 0 atom stereocenters. The van der Waals surface area contributed by atoms with Gasteiger partial charge in [0.15, 0.2) is 0 Å². The molecule has 0 heterocycles. The van der Waals surface area contributed by atoms with Crippen molar-refractivity contribution in [1.82, 2.24) is 0 Å². The number of rotatable bonds is 4. The van der Waals surface area contributed by atoms with E-state index in [9.17, 15) is 0 Å². The maximum Gasteiger partial charge on any atom is 0.0983 e. The van der Waals surface area contributed by atoms with E-state index in [0.717, 1.165) is 10.3 Å². The molecule has 0 spiro atoms. The first-order chi connectivity index (χ1) is 5.86. The zero-order valence-corrected chi connectivity index (χ0v) is 9.17. The second-order valence-corrected chi connectivity index (χ2v) is 3.03. The lowest BCUT2D eigenvalue weighted by atomic mass is 10.2. The second-order valence-electron chi connectivity index (χ2n) is 2.40. The third kappa shape index (κ3) is 2.98. The highest BCUT2D eigenvalue weighted by Gasteiger charge is 1.91. The smallest absolute Gasteiger partial charge is 0.0983 e. The van der Waals surface area contributed by atoms with Crippen LogP contribution < -0.4 is 5.32 Å². The lowest BCUT2D eigenvalue weighted by Crippen LogP contribution is -1.91. The lowest BCUT2D eigenvalue weighted by molar-refractivity contribution is 0.177. The van der Waals surface area contributed by atoms with E-state index in [2.05, 4.69) is 40.0 Å². The van der Waals surface area contributed by atoms with Crippen molar-refractivity contribution in [3.63, 3.8) is 0 Å². The van der Waals surface area contributed by atoms with E-state index in [1.807, 2.05) is 19.2 Å². The van der Waals surface area contributed by atoms with Crippen molar-refractivity contribution in [3.05, 3.63) is 29.8 Å². The number of anilines is 1. The zero-order chi connectivity index (χ0) is 8.81. The molecule has 1 rings (SSSR count). The Morgan fingerprint density at radius 2 is 2.00 bits per heavy atom. The number of hydrogen-bond acceptors (Lipinski definition) is 2. The number of halogens is 1. The van der Waals surface area contributed by atoms with E-state index < -0.39 is 0 Å². The molecule has 0 saturated heterocycles. The number of benzene rings is 1. The van der Waals surface area contributed by atoms with E-state index in [0.29, 0.717) is 6.61 Å². The molecule has 66 valence electrons. The minimum absolute atomic E-state index is 0.701. The normalized spacial score (nSPS) is 9.83.